The molecular weight excluding hydrogens is 590 g/mol. The molecule has 10 heteroatoms. The van der Waals surface area contributed by atoms with Crippen molar-refractivity contribution in [3.05, 3.63) is 114 Å². The molecule has 1 amide bonds. The number of nitrogens with one attached hydrogen (secondary N) is 1. The Hall–Kier alpha value is -4.51. The van der Waals surface area contributed by atoms with Gasteiger partial charge in [-0.2, -0.15) is 0 Å². The number of esters is 2. The molecule has 46 heavy (non-hydrogen) atoms. The second-order valence-electron chi connectivity index (χ2n) is 11.3. The van der Waals surface area contributed by atoms with Crippen LogP contribution in [0.4, 0.5) is 10.5 Å². The maximum atomic E-state index is 13.9. The van der Waals surface area contributed by atoms with Gasteiger partial charge in [0, 0.05) is 12.8 Å². The van der Waals surface area contributed by atoms with Crippen LogP contribution < -0.4 is 5.32 Å². The summed E-state index contributed by atoms with van der Waals surface area (Å²) >= 11 is 0. The van der Waals surface area contributed by atoms with Gasteiger partial charge in [-0.15, -0.1) is 0 Å². The van der Waals surface area contributed by atoms with Crippen molar-refractivity contribution in [3.8, 4) is 0 Å². The number of hydrogen-bond acceptors (Lipinski definition) is 9. The Morgan fingerprint density at radius 1 is 0.783 bits per heavy atom. The summed E-state index contributed by atoms with van der Waals surface area (Å²) < 4.78 is 29.4. The second kappa shape index (κ2) is 16.2. The van der Waals surface area contributed by atoms with Gasteiger partial charge in [0.25, 0.3) is 0 Å². The number of carbonyl (C=O) groups excluding carboxylic acids is 3. The summed E-state index contributed by atoms with van der Waals surface area (Å²) in [6, 6.07) is 27.8. The van der Waals surface area contributed by atoms with Gasteiger partial charge < -0.3 is 28.8 Å². The normalized spacial score (nSPS) is 26.8. The molecule has 10 nitrogen and oxygen atoms in total. The largest absolute Gasteiger partial charge is 0.454 e. The number of benzene rings is 3. The maximum absolute atomic E-state index is 13.9. The number of carbonyl (C=O) groups is 3. The summed E-state index contributed by atoms with van der Waals surface area (Å²) in [5, 5.41) is 12.9. The molecule has 2 aliphatic rings. The van der Waals surface area contributed by atoms with Crippen molar-refractivity contribution in [1.29, 1.82) is 0 Å². The zero-order chi connectivity index (χ0) is 32.3. The Balaban J connectivity index is 1.49. The number of para-hydroxylation sites is 1. The van der Waals surface area contributed by atoms with Crippen LogP contribution in [0.2, 0.25) is 0 Å². The summed E-state index contributed by atoms with van der Waals surface area (Å²) in [7, 11) is 1.35. The van der Waals surface area contributed by atoms with Gasteiger partial charge >= 0.3 is 18.0 Å². The first kappa shape index (κ1) is 32.9. The third-order valence-electron chi connectivity index (χ3n) is 8.10. The fraction of sp³-hybridized carbons (Fsp3) is 0.361. The van der Waals surface area contributed by atoms with E-state index in [1.165, 1.54) is 7.11 Å². The summed E-state index contributed by atoms with van der Waals surface area (Å²) in [5.41, 5.74) is 2.37. The van der Waals surface area contributed by atoms with E-state index in [1.807, 2.05) is 72.8 Å². The molecule has 1 fully saturated rings. The van der Waals surface area contributed by atoms with E-state index in [2.05, 4.69) is 5.32 Å². The van der Waals surface area contributed by atoms with Crippen molar-refractivity contribution >= 4 is 23.7 Å². The van der Waals surface area contributed by atoms with Gasteiger partial charge in [0.15, 0.2) is 24.6 Å². The number of methoxy groups -OCH3 is 1. The van der Waals surface area contributed by atoms with Crippen LogP contribution in [-0.2, 0) is 46.1 Å². The Bertz CT molecular complexity index is 1450. The molecule has 1 saturated heterocycles. The SMILES string of the molecule is CO[C@H]1O[C@H](CO)[C@@H](OC(=O)Nc2ccccc2)[C@@H]2OC(=O)[C@@H](Cc3ccccc3)CC=CC[C@H](Cc3ccccc3)C(=O)O[C@@H]12. The van der Waals surface area contributed by atoms with Crippen molar-refractivity contribution < 1.29 is 43.2 Å². The van der Waals surface area contributed by atoms with Crippen LogP contribution in [0.1, 0.15) is 24.0 Å². The highest BCUT2D eigenvalue weighted by atomic mass is 16.7. The monoisotopic (exact) mass is 629 g/mol. The average Bonchev–Trinajstić information content (AvgIpc) is 3.07. The fourth-order valence-electron chi connectivity index (χ4n) is 5.71. The highest BCUT2D eigenvalue weighted by molar-refractivity contribution is 5.84. The lowest BCUT2D eigenvalue weighted by Gasteiger charge is -2.44. The molecule has 0 bridgehead atoms. The molecule has 0 aliphatic carbocycles. The minimum absolute atomic E-state index is 0.353. The van der Waals surface area contributed by atoms with Gasteiger partial charge in [0.1, 0.15) is 6.10 Å². The molecule has 3 aromatic rings. The van der Waals surface area contributed by atoms with E-state index in [0.717, 1.165) is 11.1 Å². The van der Waals surface area contributed by atoms with E-state index in [1.54, 1.807) is 30.3 Å². The van der Waals surface area contributed by atoms with Crippen LogP contribution in [0.15, 0.2) is 103 Å². The molecule has 0 unspecified atom stereocenters. The number of fused-ring (bicyclic) bond motifs is 1. The van der Waals surface area contributed by atoms with Gasteiger partial charge in [0.05, 0.1) is 18.4 Å². The lowest BCUT2D eigenvalue weighted by molar-refractivity contribution is -0.300. The Labute approximate surface area is 268 Å². The smallest absolute Gasteiger partial charge is 0.412 e. The average molecular weight is 630 g/mol. The molecule has 2 heterocycles. The minimum atomic E-state index is -1.35. The maximum Gasteiger partial charge on any atom is 0.412 e. The summed E-state index contributed by atoms with van der Waals surface area (Å²) in [6.07, 6.45) is -1.94. The summed E-state index contributed by atoms with van der Waals surface area (Å²) in [4.78, 5) is 40.8. The minimum Gasteiger partial charge on any atom is -0.454 e. The van der Waals surface area contributed by atoms with Crippen LogP contribution in [0.5, 0.6) is 0 Å². The standard InChI is InChI=1S/C36H39NO9/c1-42-35-32-31(30(29(23-38)43-35)46-36(41)37-28-19-9-4-10-20-28)44-33(39)26(21-24-13-5-2-6-14-24)17-11-12-18-27(34(40)45-32)22-25-15-7-3-8-16-25/h2-16,19-20,26-27,29-32,35,38H,17-18,21-23H2,1H3,(H,37,41)/t26-,27-,29-,30-,31+,32-,35+/m1/s1. The number of hydrogen-bond donors (Lipinski definition) is 2. The van der Waals surface area contributed by atoms with E-state index in [9.17, 15) is 19.5 Å². The molecule has 2 N–H and O–H groups in total. The number of anilines is 1. The molecule has 2 aliphatic heterocycles. The highest BCUT2D eigenvalue weighted by Crippen LogP contribution is 2.32. The van der Waals surface area contributed by atoms with Gasteiger partial charge in [0.2, 0.25) is 0 Å². The Morgan fingerprint density at radius 2 is 1.28 bits per heavy atom. The van der Waals surface area contributed by atoms with Crippen LogP contribution in [-0.4, -0.2) is 67.6 Å². The van der Waals surface area contributed by atoms with E-state index < -0.39 is 67.2 Å². The lowest BCUT2D eigenvalue weighted by Crippen LogP contribution is -2.63. The predicted molar refractivity (Wildman–Crippen MR) is 168 cm³/mol. The summed E-state index contributed by atoms with van der Waals surface area (Å²) in [6.45, 7) is -0.593. The molecular formula is C36H39NO9. The molecule has 0 spiro atoms. The molecule has 3 aromatic carbocycles. The summed E-state index contributed by atoms with van der Waals surface area (Å²) in [5.74, 6) is -2.30. The number of aliphatic hydroxyl groups excluding tert-OH is 1. The van der Waals surface area contributed by atoms with E-state index in [0.29, 0.717) is 31.4 Å². The molecule has 0 saturated carbocycles. The van der Waals surface area contributed by atoms with Gasteiger partial charge in [-0.25, -0.2) is 4.79 Å². The van der Waals surface area contributed by atoms with Crippen molar-refractivity contribution in [2.24, 2.45) is 11.8 Å². The quantitative estimate of drug-likeness (QED) is 0.204. The fourth-order valence-corrected chi connectivity index (χ4v) is 5.71. The third kappa shape index (κ3) is 8.60. The number of rotatable bonds is 8. The van der Waals surface area contributed by atoms with Crippen LogP contribution in [0, 0.1) is 11.8 Å². The first-order valence-corrected chi connectivity index (χ1v) is 15.4. The molecule has 0 radical (unpaired) electrons. The molecule has 242 valence electrons. The number of amides is 1. The van der Waals surface area contributed by atoms with E-state index in [4.69, 9.17) is 23.7 Å². The number of aliphatic hydroxyl groups is 1. The third-order valence-corrected chi connectivity index (χ3v) is 8.10. The Kier molecular flexibility index (Phi) is 11.6. The van der Waals surface area contributed by atoms with Crippen LogP contribution >= 0.6 is 0 Å². The van der Waals surface area contributed by atoms with Crippen molar-refractivity contribution in [3.63, 3.8) is 0 Å². The molecule has 7 atom stereocenters. The van der Waals surface area contributed by atoms with Crippen molar-refractivity contribution in [1.82, 2.24) is 0 Å². The zero-order valence-corrected chi connectivity index (χ0v) is 25.6. The van der Waals surface area contributed by atoms with Gasteiger partial charge in [-0.3, -0.25) is 14.9 Å². The van der Waals surface area contributed by atoms with E-state index in [-0.39, 0.29) is 0 Å². The molecule has 0 aromatic heterocycles. The van der Waals surface area contributed by atoms with E-state index >= 15 is 0 Å². The van der Waals surface area contributed by atoms with Crippen molar-refractivity contribution in [2.45, 2.75) is 56.4 Å². The van der Waals surface area contributed by atoms with Crippen LogP contribution in [0.3, 0.4) is 0 Å². The topological polar surface area (TPSA) is 130 Å². The van der Waals surface area contributed by atoms with Crippen molar-refractivity contribution in [2.75, 3.05) is 19.0 Å². The van der Waals surface area contributed by atoms with Gasteiger partial charge in [-0.05, 0) is 48.9 Å². The highest BCUT2D eigenvalue weighted by Gasteiger charge is 2.53. The number of ether oxygens (including phenoxy) is 5. The molecule has 5 rings (SSSR count). The first-order valence-electron chi connectivity index (χ1n) is 15.4. The first-order chi connectivity index (χ1) is 22.4. The number of allylic oxidation sites excluding steroid dienone is 2. The zero-order valence-electron chi connectivity index (χ0n) is 25.6. The Morgan fingerprint density at radius 3 is 1.78 bits per heavy atom. The predicted octanol–water partition coefficient (Wildman–Crippen LogP) is 4.86. The van der Waals surface area contributed by atoms with Gasteiger partial charge in [-0.1, -0.05) is 91.0 Å². The van der Waals surface area contributed by atoms with Crippen LogP contribution in [0.25, 0.3) is 0 Å². The second-order valence-corrected chi connectivity index (χ2v) is 11.3. The lowest BCUT2D eigenvalue weighted by atomic mass is 9.92.